The maximum Gasteiger partial charge on any atom is 0.433 e. The van der Waals surface area contributed by atoms with Crippen LogP contribution in [-0.2, 0) is 11.0 Å². The third-order valence-electron chi connectivity index (χ3n) is 2.05. The summed E-state index contributed by atoms with van der Waals surface area (Å²) < 4.78 is 37.7. The summed E-state index contributed by atoms with van der Waals surface area (Å²) in [6.45, 7) is 1.92. The zero-order chi connectivity index (χ0) is 14.5. The Labute approximate surface area is 113 Å². The minimum atomic E-state index is -4.48. The molecule has 0 unspecified atom stereocenters. The number of carbonyl (C=O) groups excluding carboxylic acids is 1. The van der Waals surface area contributed by atoms with E-state index in [-0.39, 0.29) is 5.03 Å². The first-order valence-electron chi connectivity index (χ1n) is 5.53. The molecule has 1 aromatic rings. The predicted molar refractivity (Wildman–Crippen MR) is 68.5 cm³/mol. The number of nitrogens with two attached hydrogens (primary N) is 1. The average Bonchev–Trinajstić information content (AvgIpc) is 2.32. The molecule has 19 heavy (non-hydrogen) atoms. The lowest BCUT2D eigenvalue weighted by Gasteiger charge is -2.10. The second-order valence-corrected chi connectivity index (χ2v) is 4.76. The Balaban J connectivity index is 3.12. The van der Waals surface area contributed by atoms with E-state index in [1.54, 1.807) is 0 Å². The lowest BCUT2D eigenvalue weighted by Crippen LogP contribution is -2.09. The highest BCUT2D eigenvalue weighted by atomic mass is 32.2. The average molecular weight is 290 g/mol. The smallest absolute Gasteiger partial charge is 0.366 e. The Morgan fingerprint density at radius 3 is 2.68 bits per heavy atom. The summed E-state index contributed by atoms with van der Waals surface area (Å²) in [5, 5.41) is 0.245. The molecule has 0 bridgehead atoms. The molecule has 1 rings (SSSR count). The van der Waals surface area contributed by atoms with Gasteiger partial charge in [-0.05, 0) is 24.3 Å². The molecule has 1 aromatic heterocycles. The number of amides is 1. The van der Waals surface area contributed by atoms with Crippen LogP contribution in [0.25, 0.3) is 6.08 Å². The van der Waals surface area contributed by atoms with Gasteiger partial charge in [0.15, 0.2) is 0 Å². The molecule has 0 spiro atoms. The van der Waals surface area contributed by atoms with Gasteiger partial charge in [0.1, 0.15) is 10.7 Å². The van der Waals surface area contributed by atoms with E-state index >= 15 is 0 Å². The number of thioether (sulfide) groups is 1. The first kappa shape index (κ1) is 15.6. The summed E-state index contributed by atoms with van der Waals surface area (Å²) in [7, 11) is 0. The van der Waals surface area contributed by atoms with E-state index < -0.39 is 17.8 Å². The summed E-state index contributed by atoms with van der Waals surface area (Å²) >= 11 is 1.21. The molecule has 2 N–H and O–H groups in total. The van der Waals surface area contributed by atoms with Crippen LogP contribution in [0.15, 0.2) is 23.2 Å². The highest BCUT2D eigenvalue weighted by Gasteiger charge is 2.32. The highest BCUT2D eigenvalue weighted by Crippen LogP contribution is 2.31. The molecule has 0 saturated heterocycles. The Bertz CT molecular complexity index is 486. The Hall–Kier alpha value is -1.50. The quantitative estimate of drug-likeness (QED) is 0.669. The van der Waals surface area contributed by atoms with Crippen molar-refractivity contribution < 1.29 is 18.0 Å². The Morgan fingerprint density at radius 1 is 1.47 bits per heavy atom. The number of halogens is 3. The van der Waals surface area contributed by atoms with Gasteiger partial charge in [-0.2, -0.15) is 13.2 Å². The summed E-state index contributed by atoms with van der Waals surface area (Å²) in [5.41, 5.74) is 4.46. The fraction of sp³-hybridized carbons (Fsp3) is 0.333. The molecule has 0 saturated carbocycles. The molecule has 0 aliphatic heterocycles. The molecule has 1 heterocycles. The van der Waals surface area contributed by atoms with Crippen LogP contribution in [-0.4, -0.2) is 16.6 Å². The van der Waals surface area contributed by atoms with Crippen LogP contribution in [0.4, 0.5) is 13.2 Å². The number of primary amides is 1. The number of hydrogen-bond acceptors (Lipinski definition) is 3. The van der Waals surface area contributed by atoms with Gasteiger partial charge >= 0.3 is 6.18 Å². The fourth-order valence-corrected chi connectivity index (χ4v) is 2.09. The van der Waals surface area contributed by atoms with Gasteiger partial charge in [0.05, 0.1) is 0 Å². The van der Waals surface area contributed by atoms with Crippen molar-refractivity contribution in [2.75, 3.05) is 5.75 Å². The van der Waals surface area contributed by atoms with Gasteiger partial charge < -0.3 is 5.73 Å². The summed E-state index contributed by atoms with van der Waals surface area (Å²) in [4.78, 5) is 14.2. The van der Waals surface area contributed by atoms with Crippen molar-refractivity contribution in [1.82, 2.24) is 4.98 Å². The molecule has 0 atom stereocenters. The fourth-order valence-electron chi connectivity index (χ4n) is 1.22. The van der Waals surface area contributed by atoms with E-state index in [9.17, 15) is 18.0 Å². The van der Waals surface area contributed by atoms with Crippen molar-refractivity contribution in [1.29, 1.82) is 0 Å². The number of aromatic nitrogens is 1. The number of hydrogen-bond donors (Lipinski definition) is 1. The van der Waals surface area contributed by atoms with Crippen molar-refractivity contribution in [3.63, 3.8) is 0 Å². The van der Waals surface area contributed by atoms with Crippen LogP contribution in [0.3, 0.4) is 0 Å². The molecule has 0 radical (unpaired) electrons. The lowest BCUT2D eigenvalue weighted by molar-refractivity contribution is -0.141. The molecule has 7 heteroatoms. The highest BCUT2D eigenvalue weighted by molar-refractivity contribution is 7.99. The minimum absolute atomic E-state index is 0.245. The molecule has 0 aromatic carbocycles. The first-order valence-corrected chi connectivity index (χ1v) is 6.51. The summed E-state index contributed by atoms with van der Waals surface area (Å²) in [6.07, 6.45) is -1.21. The molecule has 3 nitrogen and oxygen atoms in total. The molecule has 0 aliphatic rings. The maximum absolute atomic E-state index is 12.6. The van der Waals surface area contributed by atoms with Crippen molar-refractivity contribution in [3.8, 4) is 0 Å². The van der Waals surface area contributed by atoms with E-state index in [0.29, 0.717) is 11.3 Å². The van der Waals surface area contributed by atoms with Gasteiger partial charge in [-0.3, -0.25) is 4.79 Å². The Kier molecular flexibility index (Phi) is 5.41. The van der Waals surface area contributed by atoms with Gasteiger partial charge in [0.2, 0.25) is 5.91 Å². The Morgan fingerprint density at radius 2 is 2.16 bits per heavy atom. The van der Waals surface area contributed by atoms with Gasteiger partial charge in [0, 0.05) is 11.6 Å². The number of nitrogens with zero attached hydrogens (tertiary/aromatic N) is 1. The monoisotopic (exact) mass is 290 g/mol. The van der Waals surface area contributed by atoms with Crippen molar-refractivity contribution >= 4 is 23.7 Å². The lowest BCUT2D eigenvalue weighted by atomic mass is 10.2. The third kappa shape index (κ3) is 4.94. The van der Waals surface area contributed by atoms with E-state index in [1.165, 1.54) is 23.9 Å². The van der Waals surface area contributed by atoms with Crippen LogP contribution < -0.4 is 5.73 Å². The first-order chi connectivity index (χ1) is 8.84. The second kappa shape index (κ2) is 6.60. The molecule has 0 aliphatic carbocycles. The van der Waals surface area contributed by atoms with E-state index in [4.69, 9.17) is 5.73 Å². The van der Waals surface area contributed by atoms with E-state index in [0.717, 1.165) is 18.6 Å². The van der Waals surface area contributed by atoms with Crippen LogP contribution in [0, 0.1) is 0 Å². The minimum Gasteiger partial charge on any atom is -0.366 e. The predicted octanol–water partition coefficient (Wildman–Crippen LogP) is 3.10. The van der Waals surface area contributed by atoms with Crippen LogP contribution >= 0.6 is 11.8 Å². The number of carbonyl (C=O) groups is 1. The molecular weight excluding hydrogens is 277 g/mol. The second-order valence-electron chi connectivity index (χ2n) is 3.67. The zero-order valence-corrected chi connectivity index (χ0v) is 11.0. The van der Waals surface area contributed by atoms with Crippen molar-refractivity contribution in [2.24, 2.45) is 5.73 Å². The zero-order valence-electron chi connectivity index (χ0n) is 10.2. The SMILES string of the molecule is CCCSc1nc(C(F)(F)F)ccc1C=CC(N)=O. The number of pyridine rings is 1. The normalized spacial score (nSPS) is 12.0. The third-order valence-corrected chi connectivity index (χ3v) is 3.26. The standard InChI is InChI=1S/C12H13F3N2OS/c1-2-7-19-11-8(4-6-10(16)18)3-5-9(17-11)12(13,14)15/h3-6H,2,7H2,1H3,(H2,16,18). The maximum atomic E-state index is 12.6. The topological polar surface area (TPSA) is 56.0 Å². The summed E-state index contributed by atoms with van der Waals surface area (Å²) in [6, 6.07) is 2.17. The van der Waals surface area contributed by atoms with E-state index in [2.05, 4.69) is 4.98 Å². The number of rotatable bonds is 5. The van der Waals surface area contributed by atoms with Gasteiger partial charge in [-0.25, -0.2) is 4.98 Å². The van der Waals surface area contributed by atoms with Crippen molar-refractivity contribution in [2.45, 2.75) is 24.5 Å². The molecule has 0 fully saturated rings. The van der Waals surface area contributed by atoms with E-state index in [1.807, 2.05) is 6.92 Å². The van der Waals surface area contributed by atoms with Gasteiger partial charge in [-0.15, -0.1) is 11.8 Å². The molecule has 1 amide bonds. The molecular formula is C12H13F3N2OS. The van der Waals surface area contributed by atoms with Crippen molar-refractivity contribution in [3.05, 3.63) is 29.5 Å². The molecule has 104 valence electrons. The largest absolute Gasteiger partial charge is 0.433 e. The van der Waals surface area contributed by atoms with Crippen LogP contribution in [0.1, 0.15) is 24.6 Å². The summed E-state index contributed by atoms with van der Waals surface area (Å²) in [5.74, 6) is -0.0162. The van der Waals surface area contributed by atoms with Crippen LogP contribution in [0.2, 0.25) is 0 Å². The number of alkyl halides is 3. The van der Waals surface area contributed by atoms with Gasteiger partial charge in [0.25, 0.3) is 0 Å². The van der Waals surface area contributed by atoms with Gasteiger partial charge in [-0.1, -0.05) is 13.0 Å². The van der Waals surface area contributed by atoms with Crippen LogP contribution in [0.5, 0.6) is 0 Å².